The predicted molar refractivity (Wildman–Crippen MR) is 88.8 cm³/mol. The molecule has 0 bridgehead atoms. The zero-order valence-corrected chi connectivity index (χ0v) is 14.8. The number of nitrogens with zero attached hydrogens (tertiary/aromatic N) is 4. The van der Waals surface area contributed by atoms with E-state index in [0.717, 1.165) is 12.1 Å². The number of benzene rings is 1. The number of carbonyl (C=O) groups is 1. The first-order valence-corrected chi connectivity index (χ1v) is 9.62. The van der Waals surface area contributed by atoms with E-state index in [1.54, 1.807) is 0 Å². The number of alkyl halides is 3. The van der Waals surface area contributed by atoms with Crippen LogP contribution in [-0.4, -0.2) is 59.1 Å². The van der Waals surface area contributed by atoms with Crippen molar-refractivity contribution in [3.05, 3.63) is 35.5 Å². The normalized spacial score (nSPS) is 19.2. The number of carboxylic acids is 1. The molecule has 27 heavy (non-hydrogen) atoms. The highest BCUT2D eigenvalue weighted by atomic mass is 32.2. The van der Waals surface area contributed by atoms with E-state index in [2.05, 4.69) is 10.2 Å². The summed E-state index contributed by atoms with van der Waals surface area (Å²) in [5.41, 5.74) is -2.00. The number of halogens is 3. The zero-order valence-electron chi connectivity index (χ0n) is 14.0. The first-order chi connectivity index (χ1) is 12.5. The lowest BCUT2D eigenvalue weighted by molar-refractivity contribution is -0.137. The Morgan fingerprint density at radius 2 is 1.96 bits per heavy atom. The van der Waals surface area contributed by atoms with Crippen molar-refractivity contribution in [3.8, 4) is 5.69 Å². The second-order valence-corrected chi connectivity index (χ2v) is 8.38. The number of hydrogen-bond acceptors (Lipinski definition) is 6. The standard InChI is InChI=1S/C15H15F3N4O4S/c1-21(9-6-7-27(25,26)8-9)13-12(14(23)24)19-22(20-13)11-5-3-2-4-10(11)15(16,17)18/h2-5,9H,6-8H2,1H3,(H,23,24). The summed E-state index contributed by atoms with van der Waals surface area (Å²) in [5, 5.41) is 17.0. The van der Waals surface area contributed by atoms with Crippen LogP contribution in [0.25, 0.3) is 5.69 Å². The Morgan fingerprint density at radius 3 is 2.52 bits per heavy atom. The Morgan fingerprint density at radius 1 is 1.30 bits per heavy atom. The molecule has 2 heterocycles. The maximum Gasteiger partial charge on any atom is 0.418 e. The van der Waals surface area contributed by atoms with Gasteiger partial charge in [0.15, 0.2) is 15.7 Å². The van der Waals surface area contributed by atoms with E-state index in [-0.39, 0.29) is 23.7 Å². The molecule has 146 valence electrons. The smallest absolute Gasteiger partial charge is 0.418 e. The van der Waals surface area contributed by atoms with Crippen molar-refractivity contribution >= 4 is 21.6 Å². The van der Waals surface area contributed by atoms with E-state index in [4.69, 9.17) is 0 Å². The van der Waals surface area contributed by atoms with Gasteiger partial charge in [0.2, 0.25) is 5.69 Å². The molecule has 1 unspecified atom stereocenters. The quantitative estimate of drug-likeness (QED) is 0.825. The summed E-state index contributed by atoms with van der Waals surface area (Å²) >= 11 is 0. The van der Waals surface area contributed by atoms with Crippen LogP contribution >= 0.6 is 0 Å². The van der Waals surface area contributed by atoms with Crippen molar-refractivity contribution in [1.29, 1.82) is 0 Å². The van der Waals surface area contributed by atoms with Gasteiger partial charge in [0.05, 0.1) is 22.8 Å². The van der Waals surface area contributed by atoms with E-state index in [9.17, 15) is 31.5 Å². The van der Waals surface area contributed by atoms with Crippen molar-refractivity contribution in [2.75, 3.05) is 23.5 Å². The lowest BCUT2D eigenvalue weighted by Crippen LogP contribution is -2.34. The fourth-order valence-electron chi connectivity index (χ4n) is 2.92. The van der Waals surface area contributed by atoms with Gasteiger partial charge in [-0.1, -0.05) is 12.1 Å². The van der Waals surface area contributed by atoms with Crippen molar-refractivity contribution in [2.45, 2.75) is 18.6 Å². The molecule has 1 fully saturated rings. The molecule has 3 rings (SSSR count). The third-order valence-electron chi connectivity index (χ3n) is 4.31. The molecule has 2 aromatic rings. The third-order valence-corrected chi connectivity index (χ3v) is 6.06. The van der Waals surface area contributed by atoms with E-state index >= 15 is 0 Å². The lowest BCUT2D eigenvalue weighted by atomic mass is 10.2. The summed E-state index contributed by atoms with van der Waals surface area (Å²) in [5.74, 6) is -1.90. The average Bonchev–Trinajstić information content (AvgIpc) is 3.17. The first-order valence-electron chi connectivity index (χ1n) is 7.80. The summed E-state index contributed by atoms with van der Waals surface area (Å²) in [6.07, 6.45) is -4.41. The van der Waals surface area contributed by atoms with Crippen LogP contribution in [-0.2, 0) is 16.0 Å². The summed E-state index contributed by atoms with van der Waals surface area (Å²) in [7, 11) is -1.80. The van der Waals surface area contributed by atoms with Gasteiger partial charge in [0, 0.05) is 13.1 Å². The van der Waals surface area contributed by atoms with Gasteiger partial charge < -0.3 is 10.0 Å². The van der Waals surface area contributed by atoms with Gasteiger partial charge >= 0.3 is 12.1 Å². The van der Waals surface area contributed by atoms with Gasteiger partial charge in [-0.3, -0.25) is 0 Å². The topological polar surface area (TPSA) is 105 Å². The van der Waals surface area contributed by atoms with Gasteiger partial charge in [0.25, 0.3) is 0 Å². The van der Waals surface area contributed by atoms with Gasteiger partial charge in [-0.05, 0) is 18.6 Å². The van der Waals surface area contributed by atoms with E-state index in [1.807, 2.05) is 0 Å². The van der Waals surface area contributed by atoms with Gasteiger partial charge in [-0.25, -0.2) is 13.2 Å². The van der Waals surface area contributed by atoms with Crippen LogP contribution in [0.4, 0.5) is 19.0 Å². The Balaban J connectivity index is 2.07. The van der Waals surface area contributed by atoms with Crippen LogP contribution in [0.15, 0.2) is 24.3 Å². The van der Waals surface area contributed by atoms with Gasteiger partial charge in [-0.15, -0.1) is 15.0 Å². The van der Waals surface area contributed by atoms with Crippen LogP contribution in [0, 0.1) is 0 Å². The van der Waals surface area contributed by atoms with Crippen LogP contribution in [0.1, 0.15) is 22.5 Å². The zero-order chi connectivity index (χ0) is 20.0. The molecule has 8 nitrogen and oxygen atoms in total. The summed E-state index contributed by atoms with van der Waals surface area (Å²) in [4.78, 5) is 13.5. The van der Waals surface area contributed by atoms with E-state index in [1.165, 1.54) is 24.1 Å². The fourth-order valence-corrected chi connectivity index (χ4v) is 4.70. The van der Waals surface area contributed by atoms with Crippen molar-refractivity contribution in [1.82, 2.24) is 15.0 Å². The van der Waals surface area contributed by atoms with Gasteiger partial charge in [-0.2, -0.15) is 13.2 Å². The highest BCUT2D eigenvalue weighted by Crippen LogP contribution is 2.34. The fraction of sp³-hybridized carbons (Fsp3) is 0.400. The molecule has 1 atom stereocenters. The molecule has 12 heteroatoms. The molecule has 1 aliphatic heterocycles. The van der Waals surface area contributed by atoms with Gasteiger partial charge in [0.1, 0.15) is 0 Å². The number of aromatic nitrogens is 3. The van der Waals surface area contributed by atoms with Crippen LogP contribution < -0.4 is 4.90 Å². The van der Waals surface area contributed by atoms with Crippen LogP contribution in [0.5, 0.6) is 0 Å². The average molecular weight is 404 g/mol. The van der Waals surface area contributed by atoms with E-state index < -0.39 is 45.0 Å². The lowest BCUT2D eigenvalue weighted by Gasteiger charge is -2.22. The molecule has 0 amide bonds. The highest BCUT2D eigenvalue weighted by Gasteiger charge is 2.37. The first kappa shape index (κ1) is 19.1. The molecule has 1 aromatic carbocycles. The minimum Gasteiger partial charge on any atom is -0.476 e. The third kappa shape index (κ3) is 3.75. The number of para-hydroxylation sites is 1. The van der Waals surface area contributed by atoms with Crippen molar-refractivity contribution in [2.24, 2.45) is 0 Å². The SMILES string of the molecule is CN(c1nn(-c2ccccc2C(F)(F)F)nc1C(=O)O)C1CCS(=O)(=O)C1. The van der Waals surface area contributed by atoms with Crippen LogP contribution in [0.2, 0.25) is 0 Å². The number of hydrogen-bond donors (Lipinski definition) is 1. The molecular formula is C15H15F3N4O4S. The Labute approximate surface area is 152 Å². The molecular weight excluding hydrogens is 389 g/mol. The maximum atomic E-state index is 13.2. The van der Waals surface area contributed by atoms with Crippen molar-refractivity contribution < 1.29 is 31.5 Å². The number of sulfone groups is 1. The number of anilines is 1. The summed E-state index contributed by atoms with van der Waals surface area (Å²) in [6, 6.07) is 3.98. The highest BCUT2D eigenvalue weighted by molar-refractivity contribution is 7.91. The molecule has 0 radical (unpaired) electrons. The predicted octanol–water partition coefficient (Wildman–Crippen LogP) is 1.61. The van der Waals surface area contributed by atoms with Crippen LogP contribution in [0.3, 0.4) is 0 Å². The molecule has 0 spiro atoms. The summed E-state index contributed by atoms with van der Waals surface area (Å²) in [6.45, 7) is 0. The molecule has 1 N–H and O–H groups in total. The monoisotopic (exact) mass is 404 g/mol. The van der Waals surface area contributed by atoms with E-state index in [0.29, 0.717) is 4.80 Å². The minimum atomic E-state index is -4.68. The molecule has 0 saturated carbocycles. The Bertz CT molecular complexity index is 987. The number of rotatable bonds is 4. The minimum absolute atomic E-state index is 0.0462. The Hall–Kier alpha value is -2.63. The number of carboxylic acid groups (broad SMARTS) is 1. The maximum absolute atomic E-state index is 13.2. The summed E-state index contributed by atoms with van der Waals surface area (Å²) < 4.78 is 63.0. The second kappa shape index (κ2) is 6.51. The molecule has 1 aliphatic rings. The van der Waals surface area contributed by atoms with Crippen molar-refractivity contribution in [3.63, 3.8) is 0 Å². The Kier molecular flexibility index (Phi) is 4.62. The second-order valence-electron chi connectivity index (χ2n) is 6.15. The number of aromatic carboxylic acids is 1. The largest absolute Gasteiger partial charge is 0.476 e. The molecule has 1 aromatic heterocycles. The molecule has 0 aliphatic carbocycles. The molecule has 1 saturated heterocycles.